The smallest absolute Gasteiger partial charge is 0.159 e. The van der Waals surface area contributed by atoms with Crippen molar-refractivity contribution in [2.45, 2.75) is 6.54 Å². The quantitative estimate of drug-likeness (QED) is 0.259. The minimum absolute atomic E-state index is 0.644. The summed E-state index contributed by atoms with van der Waals surface area (Å²) < 4.78 is 0. The molecule has 4 N–H and O–H groups in total. The molecule has 9 heteroatoms. The molecule has 0 unspecified atom stereocenters. The molecule has 1 fully saturated rings. The molecule has 3 aromatic carbocycles. The first-order chi connectivity index (χ1) is 18.7. The molecular weight excluding hydrogens is 474 g/mol. The third-order valence-corrected chi connectivity index (χ3v) is 7.28. The number of aromatic amines is 3. The molecule has 4 heterocycles. The molecule has 190 valence electrons. The number of imidazole rings is 2. The van der Waals surface area contributed by atoms with Gasteiger partial charge in [-0.25, -0.2) is 9.97 Å². The standard InChI is InChI=1S/C29H29N9/c1-37-11-13-38(14-12-37)22-8-10-24-26(16-22)34-29(33-24)27-23-9-7-20(15-25(23)35-36-27)30-17-21-18-31-28(32-21)19-5-3-2-4-6-19/h2-10,15-16,18,30H,11-14,17H2,1H3,(H,31,32)(H,33,34)(H,35,36). The molecule has 0 aliphatic carbocycles. The van der Waals surface area contributed by atoms with E-state index in [0.717, 1.165) is 82.4 Å². The van der Waals surface area contributed by atoms with Gasteiger partial charge in [-0.05, 0) is 43.4 Å². The highest BCUT2D eigenvalue weighted by Crippen LogP contribution is 2.30. The topological polar surface area (TPSA) is 105 Å². The van der Waals surface area contributed by atoms with Crippen LogP contribution in [-0.2, 0) is 6.54 Å². The zero-order valence-corrected chi connectivity index (χ0v) is 21.2. The Kier molecular flexibility index (Phi) is 5.55. The van der Waals surface area contributed by atoms with Crippen LogP contribution in [0.25, 0.3) is 44.8 Å². The molecule has 1 saturated heterocycles. The normalized spacial score (nSPS) is 14.5. The summed E-state index contributed by atoms with van der Waals surface area (Å²) in [5, 5.41) is 12.3. The molecule has 7 rings (SSSR count). The van der Waals surface area contributed by atoms with Gasteiger partial charge in [-0.1, -0.05) is 30.3 Å². The molecular formula is C29H29N9. The Bertz CT molecular complexity index is 1700. The van der Waals surface area contributed by atoms with Crippen molar-refractivity contribution >= 4 is 33.3 Å². The predicted octanol–water partition coefficient (Wildman–Crippen LogP) is 4.86. The number of nitrogens with zero attached hydrogens (tertiary/aromatic N) is 5. The second-order valence-electron chi connectivity index (χ2n) is 9.89. The highest BCUT2D eigenvalue weighted by atomic mass is 15.2. The maximum Gasteiger partial charge on any atom is 0.159 e. The minimum Gasteiger partial charge on any atom is -0.379 e. The number of anilines is 2. The average Bonchev–Trinajstić information content (AvgIpc) is 3.70. The number of fused-ring (bicyclic) bond motifs is 2. The summed E-state index contributed by atoms with van der Waals surface area (Å²) in [6, 6.07) is 22.8. The first kappa shape index (κ1) is 22.6. The first-order valence-corrected chi connectivity index (χ1v) is 12.9. The number of hydrogen-bond acceptors (Lipinski definition) is 6. The average molecular weight is 504 g/mol. The third kappa shape index (κ3) is 4.26. The van der Waals surface area contributed by atoms with E-state index in [1.54, 1.807) is 0 Å². The number of likely N-dealkylation sites (N-methyl/N-ethyl adjacent to an activating group) is 1. The van der Waals surface area contributed by atoms with Crippen LogP contribution < -0.4 is 10.2 Å². The van der Waals surface area contributed by atoms with Crippen molar-refractivity contribution in [3.8, 4) is 22.9 Å². The molecule has 3 aromatic heterocycles. The van der Waals surface area contributed by atoms with Crippen LogP contribution in [0.2, 0.25) is 0 Å². The Labute approximate surface area is 219 Å². The SMILES string of the molecule is CN1CCN(c2ccc3nc(-c4n[nH]c5cc(NCc6cnc(-c7ccccc7)[nH]6)ccc45)[nH]c3c2)CC1. The molecule has 0 bridgehead atoms. The Hall–Kier alpha value is -4.63. The van der Waals surface area contributed by atoms with E-state index in [0.29, 0.717) is 6.54 Å². The van der Waals surface area contributed by atoms with Crippen LogP contribution >= 0.6 is 0 Å². The summed E-state index contributed by atoms with van der Waals surface area (Å²) in [5.41, 5.74) is 8.09. The summed E-state index contributed by atoms with van der Waals surface area (Å²) in [7, 11) is 2.18. The lowest BCUT2D eigenvalue weighted by Crippen LogP contribution is -2.44. The minimum atomic E-state index is 0.644. The molecule has 0 radical (unpaired) electrons. The van der Waals surface area contributed by atoms with Crippen molar-refractivity contribution in [1.82, 2.24) is 35.0 Å². The number of hydrogen-bond donors (Lipinski definition) is 4. The number of piperazine rings is 1. The van der Waals surface area contributed by atoms with Crippen LogP contribution in [0.1, 0.15) is 5.69 Å². The van der Waals surface area contributed by atoms with E-state index >= 15 is 0 Å². The molecule has 1 aliphatic rings. The van der Waals surface area contributed by atoms with Gasteiger partial charge in [-0.15, -0.1) is 0 Å². The Morgan fingerprint density at radius 3 is 2.61 bits per heavy atom. The van der Waals surface area contributed by atoms with E-state index < -0.39 is 0 Å². The van der Waals surface area contributed by atoms with Crippen molar-refractivity contribution < 1.29 is 0 Å². The van der Waals surface area contributed by atoms with E-state index in [1.165, 1.54) is 5.69 Å². The van der Waals surface area contributed by atoms with Gasteiger partial charge in [0.05, 0.1) is 35.0 Å². The van der Waals surface area contributed by atoms with Crippen molar-refractivity contribution in [3.05, 3.63) is 78.6 Å². The van der Waals surface area contributed by atoms with Crippen molar-refractivity contribution in [2.75, 3.05) is 43.4 Å². The first-order valence-electron chi connectivity index (χ1n) is 12.9. The van der Waals surface area contributed by atoms with E-state index in [9.17, 15) is 0 Å². The summed E-state index contributed by atoms with van der Waals surface area (Å²) in [4.78, 5) is 21.0. The molecule has 9 nitrogen and oxygen atoms in total. The second-order valence-corrected chi connectivity index (χ2v) is 9.89. The van der Waals surface area contributed by atoms with Gasteiger partial charge in [0.1, 0.15) is 11.5 Å². The monoisotopic (exact) mass is 503 g/mol. The van der Waals surface area contributed by atoms with Gasteiger partial charge in [-0.2, -0.15) is 5.10 Å². The van der Waals surface area contributed by atoms with E-state index in [1.807, 2.05) is 36.5 Å². The van der Waals surface area contributed by atoms with Gasteiger partial charge >= 0.3 is 0 Å². The number of benzene rings is 3. The number of rotatable bonds is 6. The van der Waals surface area contributed by atoms with Crippen LogP contribution in [0.15, 0.2) is 72.9 Å². The zero-order chi connectivity index (χ0) is 25.5. The fourth-order valence-electron chi connectivity index (χ4n) is 5.07. The summed E-state index contributed by atoms with van der Waals surface area (Å²) >= 11 is 0. The Balaban J connectivity index is 1.08. The van der Waals surface area contributed by atoms with Crippen LogP contribution in [0.4, 0.5) is 11.4 Å². The van der Waals surface area contributed by atoms with E-state index in [-0.39, 0.29) is 0 Å². The molecule has 0 saturated carbocycles. The van der Waals surface area contributed by atoms with Gasteiger partial charge in [0.2, 0.25) is 0 Å². The lowest BCUT2D eigenvalue weighted by molar-refractivity contribution is 0.313. The van der Waals surface area contributed by atoms with Crippen molar-refractivity contribution in [3.63, 3.8) is 0 Å². The Morgan fingerprint density at radius 2 is 1.74 bits per heavy atom. The van der Waals surface area contributed by atoms with E-state index in [4.69, 9.17) is 4.98 Å². The van der Waals surface area contributed by atoms with Gasteiger partial charge in [-0.3, -0.25) is 5.10 Å². The molecule has 0 atom stereocenters. The van der Waals surface area contributed by atoms with Gasteiger partial charge < -0.3 is 25.1 Å². The number of nitrogens with one attached hydrogen (secondary N) is 4. The molecule has 38 heavy (non-hydrogen) atoms. The number of H-pyrrole nitrogens is 3. The van der Waals surface area contributed by atoms with Crippen LogP contribution in [0.3, 0.4) is 0 Å². The lowest BCUT2D eigenvalue weighted by Gasteiger charge is -2.34. The molecule has 6 aromatic rings. The maximum atomic E-state index is 4.84. The fraction of sp³-hybridized carbons (Fsp3) is 0.207. The molecule has 1 aliphatic heterocycles. The summed E-state index contributed by atoms with van der Waals surface area (Å²) in [6.07, 6.45) is 1.87. The van der Waals surface area contributed by atoms with Crippen LogP contribution in [0, 0.1) is 0 Å². The number of aromatic nitrogens is 6. The fourth-order valence-corrected chi connectivity index (χ4v) is 5.07. The highest BCUT2D eigenvalue weighted by molar-refractivity contribution is 5.95. The van der Waals surface area contributed by atoms with Gasteiger partial charge in [0, 0.05) is 48.5 Å². The lowest BCUT2D eigenvalue weighted by atomic mass is 10.2. The Morgan fingerprint density at radius 1 is 0.868 bits per heavy atom. The molecule has 0 spiro atoms. The second kappa shape index (κ2) is 9.35. The highest BCUT2D eigenvalue weighted by Gasteiger charge is 2.17. The van der Waals surface area contributed by atoms with E-state index in [2.05, 4.69) is 83.7 Å². The maximum absolute atomic E-state index is 4.84. The van der Waals surface area contributed by atoms with Gasteiger partial charge in [0.25, 0.3) is 0 Å². The predicted molar refractivity (Wildman–Crippen MR) is 152 cm³/mol. The largest absolute Gasteiger partial charge is 0.379 e. The molecule has 0 amide bonds. The van der Waals surface area contributed by atoms with Crippen molar-refractivity contribution in [1.29, 1.82) is 0 Å². The summed E-state index contributed by atoms with van der Waals surface area (Å²) in [5.74, 6) is 1.64. The summed E-state index contributed by atoms with van der Waals surface area (Å²) in [6.45, 7) is 4.89. The van der Waals surface area contributed by atoms with Crippen molar-refractivity contribution in [2.24, 2.45) is 0 Å². The van der Waals surface area contributed by atoms with Gasteiger partial charge in [0.15, 0.2) is 5.82 Å². The van der Waals surface area contributed by atoms with Crippen LogP contribution in [0.5, 0.6) is 0 Å². The zero-order valence-electron chi connectivity index (χ0n) is 21.2. The third-order valence-electron chi connectivity index (χ3n) is 7.28. The van der Waals surface area contributed by atoms with Crippen LogP contribution in [-0.4, -0.2) is 68.3 Å².